The molecule has 0 fully saturated rings. The Hall–Kier alpha value is -3.14. The van der Waals surface area contributed by atoms with E-state index in [1.165, 1.54) is 5.56 Å². The molecule has 0 radical (unpaired) electrons. The molecule has 27 heavy (non-hydrogen) atoms. The molecule has 0 saturated heterocycles. The summed E-state index contributed by atoms with van der Waals surface area (Å²) in [6.07, 6.45) is 2.06. The number of esters is 1. The van der Waals surface area contributed by atoms with Gasteiger partial charge in [-0.15, -0.1) is 0 Å². The van der Waals surface area contributed by atoms with E-state index in [9.17, 15) is 9.59 Å². The van der Waals surface area contributed by atoms with Crippen LogP contribution < -0.4 is 4.90 Å². The normalized spacial score (nSPS) is 13.3. The number of benzene rings is 3. The maximum absolute atomic E-state index is 12.5. The van der Waals surface area contributed by atoms with Crippen LogP contribution in [0.5, 0.6) is 0 Å². The van der Waals surface area contributed by atoms with Crippen LogP contribution >= 0.6 is 0 Å². The Bertz CT molecular complexity index is 996. The second kappa shape index (κ2) is 7.62. The molecule has 1 aliphatic rings. The van der Waals surface area contributed by atoms with E-state index in [0.717, 1.165) is 34.9 Å². The van der Waals surface area contributed by atoms with Gasteiger partial charge in [-0.05, 0) is 40.8 Å². The third-order valence-electron chi connectivity index (χ3n) is 4.93. The number of rotatable bonds is 4. The van der Waals surface area contributed by atoms with Crippen molar-refractivity contribution in [3.05, 3.63) is 77.9 Å². The standard InChI is InChI=1S/C23H21NO3/c25-22(24-13-5-9-19-7-3-4-10-21(19)24)16-27-23(26)15-17-11-12-18-6-1-2-8-20(18)14-17/h1-4,6-8,10-12,14H,5,9,13,15-16H2. The van der Waals surface area contributed by atoms with E-state index >= 15 is 0 Å². The topological polar surface area (TPSA) is 46.6 Å². The third kappa shape index (κ3) is 3.85. The zero-order valence-electron chi connectivity index (χ0n) is 15.1. The summed E-state index contributed by atoms with van der Waals surface area (Å²) in [6.45, 7) is 0.443. The van der Waals surface area contributed by atoms with Crippen LogP contribution in [0.3, 0.4) is 0 Å². The molecule has 0 saturated carbocycles. The number of hydrogen-bond donors (Lipinski definition) is 0. The molecule has 0 N–H and O–H groups in total. The molecule has 3 aromatic rings. The first-order chi connectivity index (χ1) is 13.2. The van der Waals surface area contributed by atoms with Gasteiger partial charge in [0.05, 0.1) is 6.42 Å². The van der Waals surface area contributed by atoms with Gasteiger partial charge < -0.3 is 9.64 Å². The number of carbonyl (C=O) groups excluding carboxylic acids is 2. The van der Waals surface area contributed by atoms with Gasteiger partial charge in [0.15, 0.2) is 6.61 Å². The van der Waals surface area contributed by atoms with Crippen molar-refractivity contribution in [3.63, 3.8) is 0 Å². The molecule has 4 nitrogen and oxygen atoms in total. The van der Waals surface area contributed by atoms with Crippen LogP contribution in [0.2, 0.25) is 0 Å². The Labute approximate surface area is 158 Å². The van der Waals surface area contributed by atoms with Crippen LogP contribution in [0, 0.1) is 0 Å². The van der Waals surface area contributed by atoms with Crippen molar-refractivity contribution in [1.29, 1.82) is 0 Å². The molecule has 0 aliphatic carbocycles. The second-order valence-corrected chi connectivity index (χ2v) is 6.80. The fraction of sp³-hybridized carbons (Fsp3) is 0.217. The Morgan fingerprint density at radius 2 is 1.70 bits per heavy atom. The van der Waals surface area contributed by atoms with Gasteiger partial charge in [-0.2, -0.15) is 0 Å². The summed E-state index contributed by atoms with van der Waals surface area (Å²) in [6, 6.07) is 21.8. The predicted octanol–water partition coefficient (Wildman–Crippen LogP) is 3.90. The van der Waals surface area contributed by atoms with Gasteiger partial charge in [-0.3, -0.25) is 9.59 Å². The number of nitrogens with zero attached hydrogens (tertiary/aromatic N) is 1. The van der Waals surface area contributed by atoms with Crippen LogP contribution in [0.4, 0.5) is 5.69 Å². The second-order valence-electron chi connectivity index (χ2n) is 6.80. The first-order valence-corrected chi connectivity index (χ1v) is 9.22. The molecule has 1 heterocycles. The van der Waals surface area contributed by atoms with E-state index in [1.54, 1.807) is 4.90 Å². The van der Waals surface area contributed by atoms with E-state index in [4.69, 9.17) is 4.74 Å². The van der Waals surface area contributed by atoms with Crippen LogP contribution in [-0.4, -0.2) is 25.0 Å². The highest BCUT2D eigenvalue weighted by molar-refractivity contribution is 5.96. The van der Waals surface area contributed by atoms with Crippen molar-refractivity contribution >= 4 is 28.3 Å². The minimum Gasteiger partial charge on any atom is -0.455 e. The maximum Gasteiger partial charge on any atom is 0.310 e. The average Bonchev–Trinajstić information content (AvgIpc) is 2.71. The average molecular weight is 359 g/mol. The summed E-state index contributed by atoms with van der Waals surface area (Å²) in [4.78, 5) is 26.5. The van der Waals surface area contributed by atoms with Gasteiger partial charge in [-0.1, -0.05) is 60.7 Å². The molecule has 3 aromatic carbocycles. The molecular weight excluding hydrogens is 338 g/mol. The Kier molecular flexibility index (Phi) is 4.88. The lowest BCUT2D eigenvalue weighted by Crippen LogP contribution is -2.38. The summed E-state index contributed by atoms with van der Waals surface area (Å²) in [5, 5.41) is 2.22. The highest BCUT2D eigenvalue weighted by Gasteiger charge is 2.23. The summed E-state index contributed by atoms with van der Waals surface area (Å²) in [5.41, 5.74) is 2.98. The van der Waals surface area contributed by atoms with Crippen LogP contribution in [-0.2, 0) is 27.2 Å². The molecule has 1 aliphatic heterocycles. The van der Waals surface area contributed by atoms with Crippen LogP contribution in [0.15, 0.2) is 66.7 Å². The number of hydrogen-bond acceptors (Lipinski definition) is 3. The molecule has 0 aromatic heterocycles. The van der Waals surface area contributed by atoms with E-state index in [0.29, 0.717) is 6.54 Å². The van der Waals surface area contributed by atoms with Crippen LogP contribution in [0.1, 0.15) is 17.5 Å². The zero-order chi connectivity index (χ0) is 18.6. The monoisotopic (exact) mass is 359 g/mol. The minimum absolute atomic E-state index is 0.161. The lowest BCUT2D eigenvalue weighted by molar-refractivity contribution is -0.147. The largest absolute Gasteiger partial charge is 0.455 e. The summed E-state index contributed by atoms with van der Waals surface area (Å²) < 4.78 is 5.26. The molecule has 0 unspecified atom stereocenters. The van der Waals surface area contributed by atoms with Gasteiger partial charge in [-0.25, -0.2) is 0 Å². The van der Waals surface area contributed by atoms with Gasteiger partial charge in [0.2, 0.25) is 0 Å². The summed E-state index contributed by atoms with van der Waals surface area (Å²) in [7, 11) is 0. The third-order valence-corrected chi connectivity index (χ3v) is 4.93. The quantitative estimate of drug-likeness (QED) is 0.664. The zero-order valence-corrected chi connectivity index (χ0v) is 15.1. The van der Waals surface area contributed by atoms with E-state index in [2.05, 4.69) is 0 Å². The van der Waals surface area contributed by atoms with E-state index in [1.807, 2.05) is 66.7 Å². The smallest absolute Gasteiger partial charge is 0.310 e. The van der Waals surface area contributed by atoms with E-state index in [-0.39, 0.29) is 24.9 Å². The molecule has 0 bridgehead atoms. The van der Waals surface area contributed by atoms with Crippen molar-refractivity contribution in [2.45, 2.75) is 19.3 Å². The van der Waals surface area contributed by atoms with Gasteiger partial charge >= 0.3 is 5.97 Å². The lowest BCUT2D eigenvalue weighted by Gasteiger charge is -2.29. The number of amides is 1. The number of aryl methyl sites for hydroxylation is 1. The highest BCUT2D eigenvalue weighted by Crippen LogP contribution is 2.26. The van der Waals surface area contributed by atoms with Crippen LogP contribution in [0.25, 0.3) is 10.8 Å². The first-order valence-electron chi connectivity index (χ1n) is 9.22. The minimum atomic E-state index is -0.385. The van der Waals surface area contributed by atoms with Gasteiger partial charge in [0.1, 0.15) is 0 Å². The highest BCUT2D eigenvalue weighted by atomic mass is 16.5. The maximum atomic E-state index is 12.5. The Balaban J connectivity index is 1.37. The first kappa shape index (κ1) is 17.3. The van der Waals surface area contributed by atoms with Crippen molar-refractivity contribution in [3.8, 4) is 0 Å². The van der Waals surface area contributed by atoms with Crippen molar-refractivity contribution in [2.24, 2.45) is 0 Å². The number of carbonyl (C=O) groups is 2. The fourth-order valence-electron chi connectivity index (χ4n) is 3.58. The van der Waals surface area contributed by atoms with Crippen molar-refractivity contribution in [2.75, 3.05) is 18.1 Å². The predicted molar refractivity (Wildman–Crippen MR) is 106 cm³/mol. The number of ether oxygens (including phenoxy) is 1. The van der Waals surface area contributed by atoms with Crippen molar-refractivity contribution in [1.82, 2.24) is 0 Å². The molecule has 136 valence electrons. The molecule has 1 amide bonds. The Morgan fingerprint density at radius 3 is 2.59 bits per heavy atom. The van der Waals surface area contributed by atoms with Gasteiger partial charge in [0.25, 0.3) is 5.91 Å². The summed E-state index contributed by atoms with van der Waals surface area (Å²) >= 11 is 0. The molecule has 4 rings (SSSR count). The number of para-hydroxylation sites is 1. The summed E-state index contributed by atoms with van der Waals surface area (Å²) in [5.74, 6) is -0.557. The Morgan fingerprint density at radius 1 is 0.926 bits per heavy atom. The molecule has 0 atom stereocenters. The molecular formula is C23H21NO3. The SMILES string of the molecule is O=C(Cc1ccc2ccccc2c1)OCC(=O)N1CCCc2ccccc21. The number of fused-ring (bicyclic) bond motifs is 2. The van der Waals surface area contributed by atoms with Gasteiger partial charge in [0, 0.05) is 12.2 Å². The van der Waals surface area contributed by atoms with E-state index < -0.39 is 0 Å². The molecule has 0 spiro atoms. The fourth-order valence-corrected chi connectivity index (χ4v) is 3.58. The number of anilines is 1. The van der Waals surface area contributed by atoms with Crippen molar-refractivity contribution < 1.29 is 14.3 Å². The lowest BCUT2D eigenvalue weighted by atomic mass is 10.0. The molecule has 4 heteroatoms.